The van der Waals surface area contributed by atoms with Gasteiger partial charge >= 0.3 is 97.5 Å². The van der Waals surface area contributed by atoms with Crippen LogP contribution in [0.2, 0.25) is 0 Å². The van der Waals surface area contributed by atoms with E-state index < -0.39 is 0 Å². The third-order valence-electron chi connectivity index (χ3n) is 2.89. The molecule has 2 aromatic rings. The maximum absolute atomic E-state index is 2.26. The van der Waals surface area contributed by atoms with Gasteiger partial charge in [0, 0.05) is 0 Å². The number of aryl methyl sites for hydroxylation is 1. The van der Waals surface area contributed by atoms with E-state index >= 15 is 0 Å². The zero-order valence-corrected chi connectivity index (χ0v) is 8.39. The molecule has 0 aromatic heterocycles. The van der Waals surface area contributed by atoms with E-state index in [4.69, 9.17) is 0 Å². The Kier molecular flexibility index (Phi) is 2.59. The van der Waals surface area contributed by atoms with Crippen LogP contribution in [0.3, 0.4) is 0 Å². The normalized spacial score (nSPS) is 10.8. The Bertz CT molecular complexity index is 461. The first-order valence-electron chi connectivity index (χ1n) is 4.65. The average molecular weight is 154 g/mol. The number of hydrogen-bond donors (Lipinski definition) is 0. The number of hydrogen-bond acceptors (Lipinski definition) is 0. The van der Waals surface area contributed by atoms with Gasteiger partial charge in [0.1, 0.15) is 0 Å². The van der Waals surface area contributed by atoms with E-state index in [0.717, 1.165) is 0 Å². The predicted octanol–water partition coefficient (Wildman–Crippen LogP) is 0.736. The molecule has 0 aliphatic heterocycles. The molecule has 0 bridgehead atoms. The van der Waals surface area contributed by atoms with Crippen molar-refractivity contribution in [3.8, 4) is 0 Å². The Morgan fingerprint density at radius 2 is 1.77 bits per heavy atom. The van der Waals surface area contributed by atoms with Crippen LogP contribution in [0.25, 0.3) is 10.8 Å². The van der Waals surface area contributed by atoms with Crippen LogP contribution in [0, 0.1) is 6.92 Å². The van der Waals surface area contributed by atoms with E-state index in [1.165, 1.54) is 24.8 Å². The van der Waals surface area contributed by atoms with Crippen molar-refractivity contribution in [3.63, 3.8) is 0 Å². The summed E-state index contributed by atoms with van der Waals surface area (Å²) in [5.74, 6) is 0. The molecule has 0 aliphatic carbocycles. The summed E-state index contributed by atoms with van der Waals surface area (Å²) in [6, 6.07) is 10.8. The molecular weight excluding hydrogens is 146 g/mol. The second-order valence-electron chi connectivity index (χ2n) is 3.66. The maximum atomic E-state index is 2.26. The topological polar surface area (TPSA) is 0 Å². The Labute approximate surface area is 97.1 Å². The Morgan fingerprint density at radius 1 is 1.08 bits per heavy atom. The molecule has 13 heavy (non-hydrogen) atoms. The summed E-state index contributed by atoms with van der Waals surface area (Å²) >= 11 is 4.37. The van der Waals surface area contributed by atoms with Crippen LogP contribution in [0.4, 0.5) is 0 Å². The van der Waals surface area contributed by atoms with Crippen LogP contribution in [-0.4, -0.2) is 35.4 Å². The monoisotopic (exact) mass is 154 g/mol. The van der Waals surface area contributed by atoms with Gasteiger partial charge in [0.05, 0.1) is 0 Å². The SMILES string of the molecule is [Li][c]1cc2ccccc2c(C)[c]1[Li]. The Hall–Kier alpha value is -0.105. The predicted molar refractivity (Wildman–Crippen MR) is 59.5 cm³/mol. The summed E-state index contributed by atoms with van der Waals surface area (Å²) in [6.07, 6.45) is 0. The average Bonchev–Trinajstić information content (AvgIpc) is 2.15. The molecule has 0 nitrogen and oxygen atoms in total. The van der Waals surface area contributed by atoms with Crippen molar-refractivity contribution < 1.29 is 0 Å². The molecule has 0 N–H and O–H groups in total. The van der Waals surface area contributed by atoms with Gasteiger partial charge in [-0.2, -0.15) is 0 Å². The van der Waals surface area contributed by atoms with Crippen molar-refractivity contribution in [2.24, 2.45) is 0 Å². The number of benzene rings is 2. The Balaban J connectivity index is 2.94. The van der Waals surface area contributed by atoms with Gasteiger partial charge in [-0.3, -0.25) is 0 Å². The molecular formula is C11H8Li2. The summed E-state index contributed by atoms with van der Waals surface area (Å²) in [4.78, 5) is 0. The van der Waals surface area contributed by atoms with Gasteiger partial charge in [0.25, 0.3) is 0 Å². The zero-order valence-electron chi connectivity index (χ0n) is 8.39. The first-order valence-corrected chi connectivity index (χ1v) is 4.65. The van der Waals surface area contributed by atoms with Gasteiger partial charge in [0.15, 0.2) is 0 Å². The summed E-state index contributed by atoms with van der Waals surface area (Å²) < 4.78 is 2.80. The van der Waals surface area contributed by atoms with Crippen molar-refractivity contribution in [2.45, 2.75) is 6.92 Å². The van der Waals surface area contributed by atoms with Gasteiger partial charge in [-0.15, -0.1) is 0 Å². The minimum atomic E-state index is 1.35. The van der Waals surface area contributed by atoms with Gasteiger partial charge in [-0.05, 0) is 0 Å². The molecule has 0 spiro atoms. The van der Waals surface area contributed by atoms with Crippen molar-refractivity contribution >= 4 is 54.7 Å². The molecule has 0 saturated carbocycles. The second kappa shape index (κ2) is 3.57. The van der Waals surface area contributed by atoms with Crippen LogP contribution in [0.15, 0.2) is 30.3 Å². The van der Waals surface area contributed by atoms with E-state index in [0.29, 0.717) is 0 Å². The molecule has 0 radical (unpaired) electrons. The van der Waals surface area contributed by atoms with E-state index in [1.54, 1.807) is 0 Å². The molecule has 0 heterocycles. The molecule has 0 amide bonds. The molecule has 54 valence electrons. The minimum absolute atomic E-state index is 1.35. The molecule has 2 heteroatoms. The van der Waals surface area contributed by atoms with E-state index in [-0.39, 0.29) is 0 Å². The van der Waals surface area contributed by atoms with E-state index in [2.05, 4.69) is 72.7 Å². The van der Waals surface area contributed by atoms with Crippen molar-refractivity contribution in [1.82, 2.24) is 0 Å². The van der Waals surface area contributed by atoms with E-state index in [9.17, 15) is 0 Å². The van der Waals surface area contributed by atoms with Crippen LogP contribution < -0.4 is 8.47 Å². The molecule has 0 saturated heterocycles. The fourth-order valence-electron chi connectivity index (χ4n) is 1.80. The quantitative estimate of drug-likeness (QED) is 0.491. The van der Waals surface area contributed by atoms with Crippen molar-refractivity contribution in [3.05, 3.63) is 35.9 Å². The van der Waals surface area contributed by atoms with Gasteiger partial charge in [-0.1, -0.05) is 0 Å². The first-order chi connectivity index (χ1) is 6.20. The molecule has 0 aliphatic rings. The number of rotatable bonds is 0. The third-order valence-corrected chi connectivity index (χ3v) is 2.89. The summed E-state index contributed by atoms with van der Waals surface area (Å²) in [5, 5.41) is 2.73. The molecule has 0 fully saturated rings. The molecule has 2 rings (SSSR count). The molecule has 2 aromatic carbocycles. The van der Waals surface area contributed by atoms with Crippen molar-refractivity contribution in [2.75, 3.05) is 0 Å². The fourth-order valence-corrected chi connectivity index (χ4v) is 1.80. The summed E-state index contributed by atoms with van der Waals surface area (Å²) in [6.45, 7) is 2.20. The third kappa shape index (κ3) is 1.61. The number of fused-ring (bicyclic) bond motifs is 1. The Morgan fingerprint density at radius 3 is 2.54 bits per heavy atom. The molecule has 0 atom stereocenters. The fraction of sp³-hybridized carbons (Fsp3) is 0.0909. The standard InChI is InChI=1S/C11H8.2Li/c1-9-5-4-7-10-6-2-3-8-11(9)10;;/h2-3,6-8H,1H3;;. The van der Waals surface area contributed by atoms with Crippen molar-refractivity contribution in [1.29, 1.82) is 0 Å². The van der Waals surface area contributed by atoms with Gasteiger partial charge in [-0.25, -0.2) is 0 Å². The summed E-state index contributed by atoms with van der Waals surface area (Å²) in [7, 11) is 0. The second-order valence-corrected chi connectivity index (χ2v) is 3.66. The van der Waals surface area contributed by atoms with Crippen LogP contribution in [0.1, 0.15) is 5.56 Å². The van der Waals surface area contributed by atoms with Gasteiger partial charge < -0.3 is 0 Å². The van der Waals surface area contributed by atoms with Gasteiger partial charge in [0.2, 0.25) is 0 Å². The zero-order chi connectivity index (χ0) is 9.42. The van der Waals surface area contributed by atoms with Crippen LogP contribution >= 0.6 is 0 Å². The molecule has 0 unspecified atom stereocenters. The van der Waals surface area contributed by atoms with Crippen LogP contribution in [-0.2, 0) is 0 Å². The first kappa shape index (κ1) is 9.45. The van der Waals surface area contributed by atoms with Crippen LogP contribution in [0.5, 0.6) is 0 Å². The van der Waals surface area contributed by atoms with E-state index in [1.807, 2.05) is 0 Å². The summed E-state index contributed by atoms with van der Waals surface area (Å²) in [5.41, 5.74) is 1.41.